The van der Waals surface area contributed by atoms with Crippen molar-refractivity contribution in [2.24, 2.45) is 40.4 Å². The smallest absolute Gasteiger partial charge is 0.0248 e. The average molecular weight is 299 g/mol. The monoisotopic (exact) mass is 298 g/mol. The van der Waals surface area contributed by atoms with Crippen molar-refractivity contribution in [3.63, 3.8) is 0 Å². The van der Waals surface area contributed by atoms with Crippen molar-refractivity contribution in [3.8, 4) is 0 Å². The van der Waals surface area contributed by atoms with Gasteiger partial charge in [0, 0.05) is 0 Å². The van der Waals surface area contributed by atoms with Crippen molar-refractivity contribution < 1.29 is 0 Å². The Hall–Kier alpha value is -0.780. The summed E-state index contributed by atoms with van der Waals surface area (Å²) < 4.78 is 0. The fourth-order valence-corrected chi connectivity index (χ4v) is 6.07. The van der Waals surface area contributed by atoms with E-state index in [9.17, 15) is 0 Å². The van der Waals surface area contributed by atoms with Crippen LogP contribution in [0, 0.1) is 40.4 Å². The molecule has 3 rings (SSSR count). The van der Waals surface area contributed by atoms with Crippen LogP contribution in [-0.2, 0) is 6.42 Å². The zero-order valence-electron chi connectivity index (χ0n) is 15.4. The van der Waals surface area contributed by atoms with Crippen molar-refractivity contribution in [3.05, 3.63) is 35.9 Å². The van der Waals surface area contributed by atoms with Crippen LogP contribution in [0.2, 0.25) is 0 Å². The van der Waals surface area contributed by atoms with E-state index in [2.05, 4.69) is 71.9 Å². The first-order valence-corrected chi connectivity index (χ1v) is 9.22. The van der Waals surface area contributed by atoms with Gasteiger partial charge in [0.2, 0.25) is 0 Å². The minimum Gasteiger partial charge on any atom is -0.0622 e. The molecule has 0 nitrogen and oxygen atoms in total. The van der Waals surface area contributed by atoms with Gasteiger partial charge in [0.25, 0.3) is 0 Å². The fraction of sp³-hybridized carbons (Fsp3) is 0.727. The Kier molecular flexibility index (Phi) is 3.94. The molecular weight excluding hydrogens is 264 g/mol. The molecule has 0 amide bonds. The predicted octanol–water partition coefficient (Wildman–Crippen LogP) is 6.21. The van der Waals surface area contributed by atoms with Gasteiger partial charge in [-0.05, 0) is 65.2 Å². The van der Waals surface area contributed by atoms with Crippen molar-refractivity contribution in [1.82, 2.24) is 0 Å². The first kappa shape index (κ1) is 16.1. The highest BCUT2D eigenvalue weighted by Crippen LogP contribution is 2.64. The van der Waals surface area contributed by atoms with Crippen LogP contribution in [0.25, 0.3) is 0 Å². The summed E-state index contributed by atoms with van der Waals surface area (Å²) in [6.45, 7) is 14.9. The van der Waals surface area contributed by atoms with E-state index < -0.39 is 0 Å². The van der Waals surface area contributed by atoms with Gasteiger partial charge in [-0.15, -0.1) is 0 Å². The van der Waals surface area contributed by atoms with E-state index in [1.165, 1.54) is 19.3 Å². The largest absolute Gasteiger partial charge is 0.0622 e. The molecule has 0 aliphatic heterocycles. The van der Waals surface area contributed by atoms with Crippen molar-refractivity contribution in [1.29, 1.82) is 0 Å². The van der Waals surface area contributed by atoms with Gasteiger partial charge >= 0.3 is 0 Å². The minimum atomic E-state index is 0.437. The second-order valence-corrected chi connectivity index (χ2v) is 10.1. The van der Waals surface area contributed by atoms with Gasteiger partial charge in [-0.25, -0.2) is 0 Å². The van der Waals surface area contributed by atoms with Crippen LogP contribution in [-0.4, -0.2) is 0 Å². The lowest BCUT2D eigenvalue weighted by atomic mass is 9.56. The van der Waals surface area contributed by atoms with Gasteiger partial charge < -0.3 is 0 Å². The minimum absolute atomic E-state index is 0.437. The summed E-state index contributed by atoms with van der Waals surface area (Å²) in [5.74, 6) is 4.61. The van der Waals surface area contributed by atoms with E-state index in [0.29, 0.717) is 10.8 Å². The molecule has 0 radical (unpaired) electrons. The SMILES string of the molecule is CC(C)(C)C1C2CC(Cc3ccccc3)C(C2)C1C(C)(C)C. The molecule has 0 aromatic heterocycles. The molecule has 1 aromatic carbocycles. The van der Waals surface area contributed by atoms with E-state index in [1.807, 2.05) is 0 Å². The van der Waals surface area contributed by atoms with Crippen molar-refractivity contribution >= 4 is 0 Å². The lowest BCUT2D eigenvalue weighted by Crippen LogP contribution is -2.42. The van der Waals surface area contributed by atoms with E-state index >= 15 is 0 Å². The van der Waals surface area contributed by atoms with Gasteiger partial charge in [-0.3, -0.25) is 0 Å². The molecule has 1 aromatic rings. The maximum Gasteiger partial charge on any atom is -0.0248 e. The highest BCUT2D eigenvalue weighted by Gasteiger charge is 2.58. The Labute approximate surface area is 137 Å². The number of hydrogen-bond acceptors (Lipinski definition) is 0. The van der Waals surface area contributed by atoms with Gasteiger partial charge in [-0.1, -0.05) is 71.9 Å². The van der Waals surface area contributed by atoms with Crippen LogP contribution in [0.3, 0.4) is 0 Å². The zero-order chi connectivity index (χ0) is 16.1. The molecule has 2 bridgehead atoms. The van der Waals surface area contributed by atoms with Crippen LogP contribution in [0.4, 0.5) is 0 Å². The van der Waals surface area contributed by atoms with Crippen LogP contribution >= 0.6 is 0 Å². The molecule has 0 heterocycles. The molecular formula is C22H34. The van der Waals surface area contributed by atoms with Gasteiger partial charge in [-0.2, -0.15) is 0 Å². The molecule has 5 unspecified atom stereocenters. The highest BCUT2D eigenvalue weighted by molar-refractivity contribution is 5.17. The van der Waals surface area contributed by atoms with Crippen LogP contribution in [0.15, 0.2) is 30.3 Å². The molecule has 22 heavy (non-hydrogen) atoms. The number of benzene rings is 1. The number of hydrogen-bond donors (Lipinski definition) is 0. The summed E-state index contributed by atoms with van der Waals surface area (Å²) in [4.78, 5) is 0. The Bertz CT molecular complexity index is 499. The van der Waals surface area contributed by atoms with Crippen LogP contribution in [0.5, 0.6) is 0 Å². The molecule has 0 heteroatoms. The Morgan fingerprint density at radius 2 is 1.41 bits per heavy atom. The Morgan fingerprint density at radius 3 is 1.95 bits per heavy atom. The third kappa shape index (κ3) is 2.86. The molecule has 0 spiro atoms. The molecule has 2 fully saturated rings. The van der Waals surface area contributed by atoms with Crippen LogP contribution in [0.1, 0.15) is 59.9 Å². The highest BCUT2D eigenvalue weighted by atomic mass is 14.6. The van der Waals surface area contributed by atoms with Gasteiger partial charge in [0.05, 0.1) is 0 Å². The molecule has 2 saturated carbocycles. The number of fused-ring (bicyclic) bond motifs is 2. The summed E-state index contributed by atoms with van der Waals surface area (Å²) in [7, 11) is 0. The van der Waals surface area contributed by atoms with Gasteiger partial charge in [0.15, 0.2) is 0 Å². The normalized spacial score (nSPS) is 35.1. The van der Waals surface area contributed by atoms with E-state index in [0.717, 1.165) is 29.6 Å². The molecule has 2 aliphatic carbocycles. The van der Waals surface area contributed by atoms with E-state index in [1.54, 1.807) is 5.56 Å². The maximum absolute atomic E-state index is 2.48. The Morgan fingerprint density at radius 1 is 0.818 bits per heavy atom. The molecule has 122 valence electrons. The van der Waals surface area contributed by atoms with Crippen molar-refractivity contribution in [2.75, 3.05) is 0 Å². The van der Waals surface area contributed by atoms with Crippen molar-refractivity contribution in [2.45, 2.75) is 60.8 Å². The fourth-order valence-electron chi connectivity index (χ4n) is 6.07. The molecule has 0 N–H and O–H groups in total. The first-order valence-electron chi connectivity index (χ1n) is 9.22. The lowest BCUT2D eigenvalue weighted by molar-refractivity contribution is 0.00141. The summed E-state index contributed by atoms with van der Waals surface area (Å²) in [6, 6.07) is 11.2. The Balaban J connectivity index is 1.83. The third-order valence-electron chi connectivity index (χ3n) is 6.48. The predicted molar refractivity (Wildman–Crippen MR) is 95.7 cm³/mol. The maximum atomic E-state index is 2.48. The third-order valence-corrected chi connectivity index (χ3v) is 6.48. The second kappa shape index (κ2) is 5.39. The topological polar surface area (TPSA) is 0 Å². The zero-order valence-corrected chi connectivity index (χ0v) is 15.4. The quantitative estimate of drug-likeness (QED) is 0.609. The standard InChI is InChI=1S/C22H34/c1-21(2,3)19-17-13-16(12-15-10-8-7-9-11-15)18(14-17)20(19)22(4,5)6/h7-11,16-20H,12-14H2,1-6H3. The molecule has 5 atom stereocenters. The molecule has 0 saturated heterocycles. The summed E-state index contributed by atoms with van der Waals surface area (Å²) in [5.41, 5.74) is 2.43. The summed E-state index contributed by atoms with van der Waals surface area (Å²) in [6.07, 6.45) is 4.25. The van der Waals surface area contributed by atoms with E-state index in [4.69, 9.17) is 0 Å². The summed E-state index contributed by atoms with van der Waals surface area (Å²) in [5, 5.41) is 0. The molecule has 2 aliphatic rings. The van der Waals surface area contributed by atoms with Gasteiger partial charge in [0.1, 0.15) is 0 Å². The van der Waals surface area contributed by atoms with Crippen LogP contribution < -0.4 is 0 Å². The number of rotatable bonds is 2. The lowest BCUT2D eigenvalue weighted by Gasteiger charge is -2.48. The van der Waals surface area contributed by atoms with E-state index in [-0.39, 0.29) is 0 Å². The summed E-state index contributed by atoms with van der Waals surface area (Å²) >= 11 is 0. The average Bonchev–Trinajstić information content (AvgIpc) is 2.95. The first-order chi connectivity index (χ1) is 10.2. The second-order valence-electron chi connectivity index (χ2n) is 10.1.